The Kier molecular flexibility index (Phi) is 2.98. The molecule has 1 fully saturated rings. The number of nitrogens with zero attached hydrogens (tertiary/aromatic N) is 5. The molecule has 1 aromatic carbocycles. The number of aromatic nitrogens is 4. The van der Waals surface area contributed by atoms with E-state index < -0.39 is 0 Å². The van der Waals surface area contributed by atoms with Gasteiger partial charge in [-0.05, 0) is 47.4 Å². The fourth-order valence-electron chi connectivity index (χ4n) is 2.05. The molecule has 0 atom stereocenters. The first-order valence-corrected chi connectivity index (χ1v) is 6.33. The van der Waals surface area contributed by atoms with E-state index in [0.717, 1.165) is 12.2 Å². The third-order valence-corrected chi connectivity index (χ3v) is 3.28. The molecular formula is C13H15N5O. The van der Waals surface area contributed by atoms with Crippen molar-refractivity contribution in [3.05, 3.63) is 36.2 Å². The smallest absolute Gasteiger partial charge is 0.253 e. The lowest BCUT2D eigenvalue weighted by molar-refractivity contribution is 0.0788. The van der Waals surface area contributed by atoms with E-state index in [1.54, 1.807) is 4.90 Å². The number of carbonyl (C=O) groups is 1. The summed E-state index contributed by atoms with van der Waals surface area (Å²) in [4.78, 5) is 14.1. The fraction of sp³-hybridized carbons (Fsp3) is 0.385. The van der Waals surface area contributed by atoms with Crippen LogP contribution in [0.15, 0.2) is 30.6 Å². The number of hydrogen-bond acceptors (Lipinski definition) is 4. The predicted molar refractivity (Wildman–Crippen MR) is 68.8 cm³/mol. The summed E-state index contributed by atoms with van der Waals surface area (Å²) in [6.45, 7) is 0.841. The van der Waals surface area contributed by atoms with Gasteiger partial charge in [-0.3, -0.25) is 4.79 Å². The standard InChI is InChI=1S/C13H15N5O/c1-17(8-10-5-6-10)13(19)11-3-2-4-12(7-11)18-9-14-15-16-18/h2-4,7,9-10H,5-6,8H2,1H3. The van der Waals surface area contributed by atoms with Crippen LogP contribution in [0.25, 0.3) is 5.69 Å². The lowest BCUT2D eigenvalue weighted by Crippen LogP contribution is -2.28. The first-order valence-electron chi connectivity index (χ1n) is 6.33. The van der Waals surface area contributed by atoms with Crippen LogP contribution in [-0.2, 0) is 0 Å². The molecule has 0 aliphatic heterocycles. The zero-order valence-electron chi connectivity index (χ0n) is 10.7. The molecule has 0 N–H and O–H groups in total. The van der Waals surface area contributed by atoms with Crippen molar-refractivity contribution in [2.24, 2.45) is 5.92 Å². The van der Waals surface area contributed by atoms with E-state index in [1.165, 1.54) is 23.9 Å². The van der Waals surface area contributed by atoms with Gasteiger partial charge in [0.25, 0.3) is 5.91 Å². The highest BCUT2D eigenvalue weighted by Crippen LogP contribution is 2.29. The summed E-state index contributed by atoms with van der Waals surface area (Å²) in [5, 5.41) is 11.0. The van der Waals surface area contributed by atoms with Gasteiger partial charge in [-0.15, -0.1) is 5.10 Å². The van der Waals surface area contributed by atoms with Crippen molar-refractivity contribution in [1.29, 1.82) is 0 Å². The molecule has 0 unspecified atom stereocenters. The highest BCUT2D eigenvalue weighted by atomic mass is 16.2. The van der Waals surface area contributed by atoms with Crippen LogP contribution >= 0.6 is 0 Å². The van der Waals surface area contributed by atoms with Gasteiger partial charge in [0.1, 0.15) is 6.33 Å². The average molecular weight is 257 g/mol. The van der Waals surface area contributed by atoms with Gasteiger partial charge in [0.2, 0.25) is 0 Å². The number of benzene rings is 1. The molecule has 0 radical (unpaired) electrons. The van der Waals surface area contributed by atoms with Crippen molar-refractivity contribution in [2.75, 3.05) is 13.6 Å². The summed E-state index contributed by atoms with van der Waals surface area (Å²) in [6, 6.07) is 7.34. The van der Waals surface area contributed by atoms with Gasteiger partial charge < -0.3 is 4.90 Å². The summed E-state index contributed by atoms with van der Waals surface area (Å²) < 4.78 is 1.54. The SMILES string of the molecule is CN(CC1CC1)C(=O)c1cccc(-n2cnnn2)c1. The van der Waals surface area contributed by atoms with Gasteiger partial charge in [0.15, 0.2) is 0 Å². The quantitative estimate of drug-likeness (QED) is 0.824. The van der Waals surface area contributed by atoms with E-state index in [4.69, 9.17) is 0 Å². The monoisotopic (exact) mass is 257 g/mol. The number of hydrogen-bond donors (Lipinski definition) is 0. The Bertz CT molecular complexity index is 576. The molecule has 1 amide bonds. The molecule has 1 aliphatic carbocycles. The van der Waals surface area contributed by atoms with E-state index in [-0.39, 0.29) is 5.91 Å². The molecule has 0 bridgehead atoms. The van der Waals surface area contributed by atoms with Crippen LogP contribution in [0.4, 0.5) is 0 Å². The van der Waals surface area contributed by atoms with Crippen molar-refractivity contribution < 1.29 is 4.79 Å². The van der Waals surface area contributed by atoms with Crippen LogP contribution < -0.4 is 0 Å². The lowest BCUT2D eigenvalue weighted by Gasteiger charge is -2.17. The largest absolute Gasteiger partial charge is 0.341 e. The Morgan fingerprint density at radius 2 is 2.32 bits per heavy atom. The van der Waals surface area contributed by atoms with Crippen LogP contribution in [0.3, 0.4) is 0 Å². The zero-order valence-corrected chi connectivity index (χ0v) is 10.7. The Morgan fingerprint density at radius 1 is 1.47 bits per heavy atom. The molecule has 2 aromatic rings. The third-order valence-electron chi connectivity index (χ3n) is 3.28. The molecule has 0 saturated heterocycles. The fourth-order valence-corrected chi connectivity index (χ4v) is 2.05. The zero-order chi connectivity index (χ0) is 13.2. The van der Waals surface area contributed by atoms with Crippen molar-refractivity contribution in [1.82, 2.24) is 25.1 Å². The maximum atomic E-state index is 12.3. The Labute approximate surface area is 111 Å². The van der Waals surface area contributed by atoms with E-state index in [1.807, 2.05) is 31.3 Å². The first-order chi connectivity index (χ1) is 9.24. The lowest BCUT2D eigenvalue weighted by atomic mass is 10.1. The Balaban J connectivity index is 1.80. The topological polar surface area (TPSA) is 63.9 Å². The molecule has 1 saturated carbocycles. The summed E-state index contributed by atoms with van der Waals surface area (Å²) in [6.07, 6.45) is 3.99. The average Bonchev–Trinajstić information content (AvgIpc) is 3.08. The van der Waals surface area contributed by atoms with Gasteiger partial charge in [-0.25, -0.2) is 4.68 Å². The van der Waals surface area contributed by atoms with Gasteiger partial charge >= 0.3 is 0 Å². The molecule has 98 valence electrons. The van der Waals surface area contributed by atoms with Crippen LogP contribution in [-0.4, -0.2) is 44.6 Å². The highest BCUT2D eigenvalue weighted by Gasteiger charge is 2.25. The van der Waals surface area contributed by atoms with Crippen molar-refractivity contribution in [2.45, 2.75) is 12.8 Å². The van der Waals surface area contributed by atoms with Crippen molar-refractivity contribution in [3.63, 3.8) is 0 Å². The van der Waals surface area contributed by atoms with Gasteiger partial charge in [-0.2, -0.15) is 0 Å². The Morgan fingerprint density at radius 3 is 3.00 bits per heavy atom. The summed E-state index contributed by atoms with van der Waals surface area (Å²) in [5.41, 5.74) is 1.45. The maximum Gasteiger partial charge on any atom is 0.253 e. The second kappa shape index (κ2) is 4.79. The summed E-state index contributed by atoms with van der Waals surface area (Å²) in [7, 11) is 1.85. The molecule has 19 heavy (non-hydrogen) atoms. The maximum absolute atomic E-state index is 12.3. The molecule has 6 heteroatoms. The minimum Gasteiger partial charge on any atom is -0.341 e. The van der Waals surface area contributed by atoms with Crippen LogP contribution in [0.2, 0.25) is 0 Å². The van der Waals surface area contributed by atoms with Gasteiger partial charge in [0.05, 0.1) is 5.69 Å². The van der Waals surface area contributed by atoms with Crippen LogP contribution in [0.1, 0.15) is 23.2 Å². The molecule has 0 spiro atoms. The van der Waals surface area contributed by atoms with Crippen molar-refractivity contribution >= 4 is 5.91 Å². The molecule has 1 aromatic heterocycles. The molecule has 3 rings (SSSR count). The molecule has 1 aliphatic rings. The van der Waals surface area contributed by atoms with Gasteiger partial charge in [0, 0.05) is 19.2 Å². The predicted octanol–water partition coefficient (Wildman–Crippen LogP) is 1.14. The van der Waals surface area contributed by atoms with E-state index >= 15 is 0 Å². The van der Waals surface area contributed by atoms with E-state index in [9.17, 15) is 4.79 Å². The number of amides is 1. The molecular weight excluding hydrogens is 242 g/mol. The van der Waals surface area contributed by atoms with Crippen LogP contribution in [0.5, 0.6) is 0 Å². The van der Waals surface area contributed by atoms with Crippen LogP contribution in [0, 0.1) is 5.92 Å². The second-order valence-electron chi connectivity index (χ2n) is 4.93. The van der Waals surface area contributed by atoms with E-state index in [0.29, 0.717) is 11.5 Å². The van der Waals surface area contributed by atoms with Crippen molar-refractivity contribution in [3.8, 4) is 5.69 Å². The minimum absolute atomic E-state index is 0.0434. The number of carbonyl (C=O) groups excluding carboxylic acids is 1. The first kappa shape index (κ1) is 11.8. The Hall–Kier alpha value is -2.24. The highest BCUT2D eigenvalue weighted by molar-refractivity contribution is 5.94. The molecule has 6 nitrogen and oxygen atoms in total. The summed E-state index contributed by atoms with van der Waals surface area (Å²) >= 11 is 0. The third kappa shape index (κ3) is 2.62. The normalized spacial score (nSPS) is 14.4. The number of rotatable bonds is 4. The molecule has 1 heterocycles. The second-order valence-corrected chi connectivity index (χ2v) is 4.93. The summed E-state index contributed by atoms with van der Waals surface area (Å²) in [5.74, 6) is 0.735. The van der Waals surface area contributed by atoms with Gasteiger partial charge in [-0.1, -0.05) is 6.07 Å². The minimum atomic E-state index is 0.0434. The van der Waals surface area contributed by atoms with E-state index in [2.05, 4.69) is 15.5 Å². The number of tetrazole rings is 1.